The Morgan fingerprint density at radius 1 is 1.47 bits per heavy atom. The smallest absolute Gasteiger partial charge is 0.223 e. The molecule has 2 aliphatic rings. The summed E-state index contributed by atoms with van der Waals surface area (Å²) < 4.78 is 0. The van der Waals surface area contributed by atoms with Crippen LogP contribution in [0, 0.1) is 5.92 Å². The number of nitrogens with one attached hydrogen (secondary N) is 1. The van der Waals surface area contributed by atoms with Gasteiger partial charge in [0, 0.05) is 31.5 Å². The zero-order valence-electron chi connectivity index (χ0n) is 9.24. The van der Waals surface area contributed by atoms with Crippen molar-refractivity contribution in [2.45, 2.75) is 31.7 Å². The lowest BCUT2D eigenvalue weighted by atomic mass is 10.1. The van der Waals surface area contributed by atoms with Gasteiger partial charge in [0.05, 0.1) is 0 Å². The van der Waals surface area contributed by atoms with E-state index in [9.17, 15) is 4.79 Å². The fraction of sp³-hybridized carbons (Fsp3) is 0.750. The minimum atomic E-state index is 0.314. The molecule has 84 valence electrons. The summed E-state index contributed by atoms with van der Waals surface area (Å²) in [5.74, 6) is 0.689. The Kier molecular flexibility index (Phi) is 3.41. The highest BCUT2D eigenvalue weighted by Crippen LogP contribution is 2.23. The second kappa shape index (κ2) is 4.79. The normalized spacial score (nSPS) is 32.8. The predicted octanol–water partition coefficient (Wildman–Crippen LogP) is 1.16. The predicted molar refractivity (Wildman–Crippen MR) is 60.5 cm³/mol. The van der Waals surface area contributed by atoms with Gasteiger partial charge in [0.1, 0.15) is 0 Å². The molecule has 0 aromatic rings. The SMILES string of the molecule is C=CC1CC(=O)N(C2CCCCNC2)C1. The van der Waals surface area contributed by atoms with Crippen LogP contribution in [0.2, 0.25) is 0 Å². The van der Waals surface area contributed by atoms with Crippen molar-refractivity contribution >= 4 is 5.91 Å². The molecular formula is C12H20N2O. The summed E-state index contributed by atoms with van der Waals surface area (Å²) in [5.41, 5.74) is 0. The summed E-state index contributed by atoms with van der Waals surface area (Å²) in [6.07, 6.45) is 6.22. The van der Waals surface area contributed by atoms with Gasteiger partial charge in [-0.2, -0.15) is 0 Å². The number of carbonyl (C=O) groups excluding carboxylic acids is 1. The molecule has 2 heterocycles. The van der Waals surface area contributed by atoms with E-state index >= 15 is 0 Å². The molecule has 0 aromatic heterocycles. The van der Waals surface area contributed by atoms with E-state index in [0.29, 0.717) is 24.3 Å². The Morgan fingerprint density at radius 3 is 3.07 bits per heavy atom. The first-order valence-electron chi connectivity index (χ1n) is 5.94. The minimum absolute atomic E-state index is 0.314. The molecule has 0 aliphatic carbocycles. The van der Waals surface area contributed by atoms with Crippen LogP contribution in [0.15, 0.2) is 12.7 Å². The summed E-state index contributed by atoms with van der Waals surface area (Å²) in [7, 11) is 0. The summed E-state index contributed by atoms with van der Waals surface area (Å²) in [6, 6.07) is 0.421. The first kappa shape index (κ1) is 10.7. The zero-order valence-corrected chi connectivity index (χ0v) is 9.24. The van der Waals surface area contributed by atoms with Crippen molar-refractivity contribution in [1.29, 1.82) is 0 Å². The Morgan fingerprint density at radius 2 is 2.33 bits per heavy atom. The van der Waals surface area contributed by atoms with Gasteiger partial charge in [-0.1, -0.05) is 12.5 Å². The second-order valence-corrected chi connectivity index (χ2v) is 4.60. The molecule has 2 atom stereocenters. The molecular weight excluding hydrogens is 188 g/mol. The quantitative estimate of drug-likeness (QED) is 0.691. The van der Waals surface area contributed by atoms with Crippen molar-refractivity contribution in [2.75, 3.05) is 19.6 Å². The number of carbonyl (C=O) groups is 1. The Hall–Kier alpha value is -0.830. The number of rotatable bonds is 2. The van der Waals surface area contributed by atoms with Crippen LogP contribution in [0.1, 0.15) is 25.7 Å². The third-order valence-corrected chi connectivity index (χ3v) is 3.48. The number of nitrogens with zero attached hydrogens (tertiary/aromatic N) is 1. The van der Waals surface area contributed by atoms with Crippen molar-refractivity contribution < 1.29 is 4.79 Å². The van der Waals surface area contributed by atoms with Crippen LogP contribution in [-0.2, 0) is 4.79 Å². The standard InChI is InChI=1S/C12H20N2O/c1-2-10-7-12(15)14(9-10)11-5-3-4-6-13-8-11/h2,10-11,13H,1,3-9H2. The van der Waals surface area contributed by atoms with Gasteiger partial charge in [0.25, 0.3) is 0 Å². The van der Waals surface area contributed by atoms with Crippen LogP contribution in [0.4, 0.5) is 0 Å². The molecule has 2 saturated heterocycles. The molecule has 0 aromatic carbocycles. The average molecular weight is 208 g/mol. The lowest BCUT2D eigenvalue weighted by Crippen LogP contribution is -2.42. The van der Waals surface area contributed by atoms with E-state index < -0.39 is 0 Å². The maximum Gasteiger partial charge on any atom is 0.223 e. The third-order valence-electron chi connectivity index (χ3n) is 3.48. The van der Waals surface area contributed by atoms with Gasteiger partial charge in [0.2, 0.25) is 5.91 Å². The van der Waals surface area contributed by atoms with E-state index in [1.54, 1.807) is 0 Å². The fourth-order valence-electron chi connectivity index (χ4n) is 2.54. The molecule has 3 heteroatoms. The molecule has 3 nitrogen and oxygen atoms in total. The highest BCUT2D eigenvalue weighted by atomic mass is 16.2. The highest BCUT2D eigenvalue weighted by molar-refractivity contribution is 5.79. The van der Waals surface area contributed by atoms with E-state index in [-0.39, 0.29) is 0 Å². The fourth-order valence-corrected chi connectivity index (χ4v) is 2.54. The second-order valence-electron chi connectivity index (χ2n) is 4.60. The third kappa shape index (κ3) is 2.40. The molecule has 0 bridgehead atoms. The monoisotopic (exact) mass is 208 g/mol. The van der Waals surface area contributed by atoms with Gasteiger partial charge in [-0.05, 0) is 19.4 Å². The Bertz CT molecular complexity index is 244. The van der Waals surface area contributed by atoms with E-state index in [0.717, 1.165) is 26.1 Å². The molecule has 15 heavy (non-hydrogen) atoms. The number of likely N-dealkylation sites (tertiary alicyclic amines) is 1. The summed E-state index contributed by atoms with van der Waals surface area (Å²) >= 11 is 0. The minimum Gasteiger partial charge on any atom is -0.338 e. The molecule has 2 unspecified atom stereocenters. The van der Waals surface area contributed by atoms with Crippen LogP contribution in [0.3, 0.4) is 0 Å². The van der Waals surface area contributed by atoms with Gasteiger partial charge in [-0.3, -0.25) is 4.79 Å². The summed E-state index contributed by atoms with van der Waals surface area (Å²) in [5, 5.41) is 3.41. The zero-order chi connectivity index (χ0) is 10.7. The molecule has 0 saturated carbocycles. The van der Waals surface area contributed by atoms with E-state index in [1.807, 2.05) is 6.08 Å². The molecule has 2 rings (SSSR count). The first-order valence-corrected chi connectivity index (χ1v) is 5.94. The van der Waals surface area contributed by atoms with Gasteiger partial charge in [-0.15, -0.1) is 6.58 Å². The van der Waals surface area contributed by atoms with Crippen LogP contribution in [-0.4, -0.2) is 36.5 Å². The lowest BCUT2D eigenvalue weighted by Gasteiger charge is -2.26. The van der Waals surface area contributed by atoms with Gasteiger partial charge in [-0.25, -0.2) is 0 Å². The molecule has 1 amide bonds. The largest absolute Gasteiger partial charge is 0.338 e. The molecule has 0 radical (unpaired) electrons. The Labute approximate surface area is 91.5 Å². The number of hydrogen-bond acceptors (Lipinski definition) is 2. The maximum absolute atomic E-state index is 11.8. The van der Waals surface area contributed by atoms with Gasteiger partial charge >= 0.3 is 0 Å². The van der Waals surface area contributed by atoms with Crippen LogP contribution >= 0.6 is 0 Å². The Balaban J connectivity index is 1.96. The topological polar surface area (TPSA) is 32.3 Å². The summed E-state index contributed by atoms with van der Waals surface area (Å²) in [4.78, 5) is 13.9. The molecule has 2 aliphatic heterocycles. The lowest BCUT2D eigenvalue weighted by molar-refractivity contribution is -0.129. The number of hydrogen-bond donors (Lipinski definition) is 1. The van der Waals surface area contributed by atoms with Crippen molar-refractivity contribution in [2.24, 2.45) is 5.92 Å². The number of amides is 1. The van der Waals surface area contributed by atoms with Crippen LogP contribution in [0.5, 0.6) is 0 Å². The van der Waals surface area contributed by atoms with E-state index in [4.69, 9.17) is 0 Å². The molecule has 2 fully saturated rings. The van der Waals surface area contributed by atoms with Crippen molar-refractivity contribution in [3.8, 4) is 0 Å². The average Bonchev–Trinajstić information content (AvgIpc) is 2.48. The van der Waals surface area contributed by atoms with Crippen molar-refractivity contribution in [3.63, 3.8) is 0 Å². The van der Waals surface area contributed by atoms with Crippen LogP contribution < -0.4 is 5.32 Å². The summed E-state index contributed by atoms with van der Waals surface area (Å²) in [6.45, 7) is 6.73. The maximum atomic E-state index is 11.8. The van der Waals surface area contributed by atoms with Crippen LogP contribution in [0.25, 0.3) is 0 Å². The van der Waals surface area contributed by atoms with Crippen molar-refractivity contribution in [3.05, 3.63) is 12.7 Å². The molecule has 1 N–H and O–H groups in total. The van der Waals surface area contributed by atoms with E-state index in [1.165, 1.54) is 12.8 Å². The first-order chi connectivity index (χ1) is 7.31. The molecule has 0 spiro atoms. The van der Waals surface area contributed by atoms with E-state index in [2.05, 4.69) is 16.8 Å². The van der Waals surface area contributed by atoms with Gasteiger partial charge in [0.15, 0.2) is 0 Å². The highest BCUT2D eigenvalue weighted by Gasteiger charge is 2.32. The van der Waals surface area contributed by atoms with Crippen molar-refractivity contribution in [1.82, 2.24) is 10.2 Å². The van der Waals surface area contributed by atoms with Gasteiger partial charge < -0.3 is 10.2 Å².